The Hall–Kier alpha value is -2.80. The van der Waals surface area contributed by atoms with Crippen molar-refractivity contribution in [2.24, 2.45) is 5.73 Å². The fraction of sp³-hybridized carbons (Fsp3) is 0.294. The summed E-state index contributed by atoms with van der Waals surface area (Å²) in [5.41, 5.74) is 8.51. The topological polar surface area (TPSA) is 117 Å². The molecule has 0 aliphatic rings. The van der Waals surface area contributed by atoms with E-state index in [0.717, 1.165) is 22.2 Å². The molecule has 0 aliphatic carbocycles. The second-order valence-corrected chi connectivity index (χ2v) is 5.90. The number of amides is 1. The minimum atomic E-state index is -0.589. The van der Waals surface area contributed by atoms with Gasteiger partial charge in [-0.2, -0.15) is 0 Å². The number of hydrogen-bond donors (Lipinski definition) is 4. The van der Waals surface area contributed by atoms with Gasteiger partial charge in [0.1, 0.15) is 11.4 Å². The SMILES string of the molecule is Cc1[nH]c2ccc(O)cc2c1CC[C@H](CO)n1cnc(C(N)=O)c1. The van der Waals surface area contributed by atoms with Gasteiger partial charge < -0.3 is 25.5 Å². The van der Waals surface area contributed by atoms with E-state index in [-0.39, 0.29) is 24.1 Å². The zero-order valence-corrected chi connectivity index (χ0v) is 13.4. The number of aliphatic hydroxyl groups excluding tert-OH is 1. The molecule has 1 aromatic carbocycles. The number of aromatic nitrogens is 3. The van der Waals surface area contributed by atoms with Crippen LogP contribution in [0.2, 0.25) is 0 Å². The van der Waals surface area contributed by atoms with Crippen molar-refractivity contribution in [3.63, 3.8) is 0 Å². The number of nitrogens with two attached hydrogens (primary N) is 1. The number of imidazole rings is 1. The summed E-state index contributed by atoms with van der Waals surface area (Å²) in [6.07, 6.45) is 4.44. The molecule has 5 N–H and O–H groups in total. The van der Waals surface area contributed by atoms with Crippen LogP contribution in [0.25, 0.3) is 10.9 Å². The Balaban J connectivity index is 1.81. The summed E-state index contributed by atoms with van der Waals surface area (Å²) in [6.45, 7) is 1.92. The lowest BCUT2D eigenvalue weighted by atomic mass is 10.0. The molecule has 0 bridgehead atoms. The lowest BCUT2D eigenvalue weighted by Gasteiger charge is -2.15. The van der Waals surface area contributed by atoms with Crippen LogP contribution >= 0.6 is 0 Å². The highest BCUT2D eigenvalue weighted by Crippen LogP contribution is 2.28. The van der Waals surface area contributed by atoms with E-state index < -0.39 is 5.91 Å². The lowest BCUT2D eigenvalue weighted by molar-refractivity contribution is 0.0995. The first-order valence-electron chi connectivity index (χ1n) is 7.74. The molecule has 0 spiro atoms. The number of benzene rings is 1. The molecule has 7 nitrogen and oxygen atoms in total. The molecule has 24 heavy (non-hydrogen) atoms. The maximum absolute atomic E-state index is 11.1. The van der Waals surface area contributed by atoms with Crippen LogP contribution < -0.4 is 5.73 Å². The van der Waals surface area contributed by atoms with Crippen LogP contribution in [-0.4, -0.2) is 37.3 Å². The second-order valence-electron chi connectivity index (χ2n) is 5.90. The van der Waals surface area contributed by atoms with E-state index in [1.54, 1.807) is 22.9 Å². The number of aliphatic hydroxyl groups is 1. The van der Waals surface area contributed by atoms with Crippen LogP contribution in [0.4, 0.5) is 0 Å². The van der Waals surface area contributed by atoms with Crippen molar-refractivity contribution in [3.05, 3.63) is 47.7 Å². The van der Waals surface area contributed by atoms with Gasteiger partial charge in [0.15, 0.2) is 0 Å². The van der Waals surface area contributed by atoms with E-state index in [2.05, 4.69) is 9.97 Å². The minimum Gasteiger partial charge on any atom is -0.508 e. The van der Waals surface area contributed by atoms with Gasteiger partial charge in [-0.05, 0) is 43.5 Å². The molecule has 3 aromatic rings. The van der Waals surface area contributed by atoms with Crippen molar-refractivity contribution in [2.45, 2.75) is 25.8 Å². The molecule has 0 unspecified atom stereocenters. The van der Waals surface area contributed by atoms with Crippen molar-refractivity contribution >= 4 is 16.8 Å². The minimum absolute atomic E-state index is 0.0682. The number of aryl methyl sites for hydroxylation is 2. The molecule has 1 amide bonds. The van der Waals surface area contributed by atoms with E-state index in [0.29, 0.717) is 12.8 Å². The number of nitrogens with one attached hydrogen (secondary N) is 1. The molecular weight excluding hydrogens is 308 g/mol. The molecule has 0 aliphatic heterocycles. The highest BCUT2D eigenvalue weighted by atomic mass is 16.3. The maximum Gasteiger partial charge on any atom is 0.268 e. The number of hydrogen-bond acceptors (Lipinski definition) is 4. The Kier molecular flexibility index (Phi) is 4.26. The quantitative estimate of drug-likeness (QED) is 0.550. The van der Waals surface area contributed by atoms with Gasteiger partial charge in [-0.25, -0.2) is 4.98 Å². The van der Waals surface area contributed by atoms with Crippen LogP contribution in [0.5, 0.6) is 5.75 Å². The zero-order chi connectivity index (χ0) is 17.3. The Morgan fingerprint density at radius 1 is 1.46 bits per heavy atom. The van der Waals surface area contributed by atoms with Crippen molar-refractivity contribution in [1.29, 1.82) is 0 Å². The molecule has 0 fully saturated rings. The number of nitrogens with zero attached hydrogens (tertiary/aromatic N) is 2. The van der Waals surface area contributed by atoms with Gasteiger partial charge in [0, 0.05) is 22.8 Å². The summed E-state index contributed by atoms with van der Waals surface area (Å²) in [6, 6.07) is 5.03. The fourth-order valence-corrected chi connectivity index (χ4v) is 3.00. The smallest absolute Gasteiger partial charge is 0.268 e. The van der Waals surface area contributed by atoms with Crippen LogP contribution in [0.15, 0.2) is 30.7 Å². The number of primary amides is 1. The van der Waals surface area contributed by atoms with E-state index >= 15 is 0 Å². The predicted octanol–water partition coefficient (Wildman–Crippen LogP) is 1.64. The first-order chi connectivity index (χ1) is 11.5. The molecule has 0 saturated carbocycles. The number of aromatic amines is 1. The zero-order valence-electron chi connectivity index (χ0n) is 13.4. The molecule has 2 heterocycles. The summed E-state index contributed by atoms with van der Waals surface area (Å²) in [7, 11) is 0. The summed E-state index contributed by atoms with van der Waals surface area (Å²) >= 11 is 0. The summed E-state index contributed by atoms with van der Waals surface area (Å²) < 4.78 is 1.71. The largest absolute Gasteiger partial charge is 0.508 e. The third-order valence-electron chi connectivity index (χ3n) is 4.32. The van der Waals surface area contributed by atoms with Gasteiger partial charge >= 0.3 is 0 Å². The normalized spacial score (nSPS) is 12.6. The van der Waals surface area contributed by atoms with E-state index in [1.807, 2.05) is 13.0 Å². The second kappa shape index (κ2) is 6.37. The molecule has 7 heteroatoms. The summed E-state index contributed by atoms with van der Waals surface area (Å²) in [4.78, 5) is 18.4. The monoisotopic (exact) mass is 328 g/mol. The number of carbonyl (C=O) groups is 1. The average molecular weight is 328 g/mol. The number of phenolic OH excluding ortho intramolecular Hbond substituents is 1. The third-order valence-corrected chi connectivity index (χ3v) is 4.32. The highest BCUT2D eigenvalue weighted by molar-refractivity contribution is 5.90. The molecule has 3 rings (SSSR count). The number of fused-ring (bicyclic) bond motifs is 1. The van der Waals surface area contributed by atoms with E-state index in [9.17, 15) is 15.0 Å². The molecular formula is C17H20N4O3. The number of rotatable bonds is 6. The Morgan fingerprint density at radius 2 is 2.25 bits per heavy atom. The maximum atomic E-state index is 11.1. The first-order valence-corrected chi connectivity index (χ1v) is 7.74. The number of phenols is 1. The number of H-pyrrole nitrogens is 1. The van der Waals surface area contributed by atoms with Crippen LogP contribution in [0.3, 0.4) is 0 Å². The Labute approximate surface area is 138 Å². The summed E-state index contributed by atoms with van der Waals surface area (Å²) in [5, 5.41) is 20.4. The van der Waals surface area contributed by atoms with Gasteiger partial charge in [-0.3, -0.25) is 4.79 Å². The van der Waals surface area contributed by atoms with Crippen molar-refractivity contribution < 1.29 is 15.0 Å². The third kappa shape index (κ3) is 2.98. The molecule has 2 aromatic heterocycles. The molecule has 0 radical (unpaired) electrons. The highest BCUT2D eigenvalue weighted by Gasteiger charge is 2.15. The number of aromatic hydroxyl groups is 1. The first kappa shape index (κ1) is 16.1. The van der Waals surface area contributed by atoms with Gasteiger partial charge in [0.25, 0.3) is 5.91 Å². The van der Waals surface area contributed by atoms with Gasteiger partial charge in [0.2, 0.25) is 0 Å². The van der Waals surface area contributed by atoms with Gasteiger partial charge in [0.05, 0.1) is 19.0 Å². The van der Waals surface area contributed by atoms with Crippen molar-refractivity contribution in [2.75, 3.05) is 6.61 Å². The van der Waals surface area contributed by atoms with Crippen molar-refractivity contribution in [1.82, 2.24) is 14.5 Å². The molecule has 1 atom stereocenters. The molecule has 0 saturated heterocycles. The number of carbonyl (C=O) groups excluding carboxylic acids is 1. The van der Waals surface area contributed by atoms with Crippen LogP contribution in [0.1, 0.15) is 34.2 Å². The van der Waals surface area contributed by atoms with Crippen molar-refractivity contribution in [3.8, 4) is 5.75 Å². The molecule has 126 valence electrons. The fourth-order valence-electron chi connectivity index (χ4n) is 3.00. The van der Waals surface area contributed by atoms with Gasteiger partial charge in [-0.1, -0.05) is 0 Å². The standard InChI is InChI=1S/C17H20N4O3/c1-10-13(14-6-12(23)3-5-15(14)20-10)4-2-11(8-22)21-7-16(17(18)24)19-9-21/h3,5-7,9,11,20,22-23H,2,4,8H2,1H3,(H2,18,24)/t11-/m1/s1. The lowest BCUT2D eigenvalue weighted by Crippen LogP contribution is -2.14. The average Bonchev–Trinajstić information content (AvgIpc) is 3.14. The van der Waals surface area contributed by atoms with Crippen LogP contribution in [-0.2, 0) is 6.42 Å². The van der Waals surface area contributed by atoms with Crippen LogP contribution in [0, 0.1) is 6.92 Å². The van der Waals surface area contributed by atoms with Gasteiger partial charge in [-0.15, -0.1) is 0 Å². The Morgan fingerprint density at radius 3 is 2.92 bits per heavy atom. The van der Waals surface area contributed by atoms with E-state index in [4.69, 9.17) is 5.73 Å². The van der Waals surface area contributed by atoms with E-state index in [1.165, 1.54) is 6.33 Å². The Bertz CT molecular complexity index is 881. The predicted molar refractivity (Wildman–Crippen MR) is 89.9 cm³/mol. The summed E-state index contributed by atoms with van der Waals surface area (Å²) in [5.74, 6) is -0.365.